The van der Waals surface area contributed by atoms with Crippen LogP contribution in [0.25, 0.3) is 5.69 Å². The monoisotopic (exact) mass is 670 g/mol. The van der Waals surface area contributed by atoms with Crippen molar-refractivity contribution in [1.82, 2.24) is 25.1 Å². The Bertz CT molecular complexity index is 1880. The summed E-state index contributed by atoms with van der Waals surface area (Å²) in [6.45, 7) is 2.45. The van der Waals surface area contributed by atoms with Crippen molar-refractivity contribution < 1.29 is 23.5 Å². The maximum absolute atomic E-state index is 13.8. The fraction of sp³-hybridized carbons (Fsp3) is 0.206. The summed E-state index contributed by atoms with van der Waals surface area (Å²) in [5.41, 5.74) is 2.72. The van der Waals surface area contributed by atoms with Gasteiger partial charge in [0.25, 0.3) is 11.8 Å². The molecular weight excluding hydrogens is 640 g/mol. The molecule has 3 heterocycles. The lowest BCUT2D eigenvalue weighted by atomic mass is 10.0. The van der Waals surface area contributed by atoms with E-state index in [1.165, 1.54) is 36.0 Å². The highest BCUT2D eigenvalue weighted by molar-refractivity contribution is 7.99. The van der Waals surface area contributed by atoms with Crippen LogP contribution in [0.15, 0.2) is 101 Å². The number of methoxy groups -OCH3 is 1. The number of ether oxygens (including phenoxy) is 2. The number of amides is 2. The van der Waals surface area contributed by atoms with Gasteiger partial charge in [0.15, 0.2) is 11.0 Å². The second-order valence-corrected chi connectivity index (χ2v) is 12.3. The van der Waals surface area contributed by atoms with Crippen LogP contribution < -0.4 is 14.8 Å². The third-order valence-electron chi connectivity index (χ3n) is 7.40. The van der Waals surface area contributed by atoms with Gasteiger partial charge in [0.1, 0.15) is 17.3 Å². The van der Waals surface area contributed by atoms with Crippen LogP contribution in [0.1, 0.15) is 46.0 Å². The van der Waals surface area contributed by atoms with Crippen LogP contribution in [0.5, 0.6) is 11.5 Å². The topological polar surface area (TPSA) is 111 Å². The molecule has 6 rings (SSSR count). The molecule has 0 saturated heterocycles. The Hall–Kier alpha value is -5.01. The Kier molecular flexibility index (Phi) is 9.93. The third-order valence-corrected chi connectivity index (χ3v) is 9.23. The Labute approximate surface area is 279 Å². The molecule has 1 aliphatic rings. The number of carbonyl (C=O) groups is 2. The van der Waals surface area contributed by atoms with Crippen LogP contribution in [0.2, 0.25) is 0 Å². The minimum atomic E-state index is -0.502. The first kappa shape index (κ1) is 32.0. The lowest BCUT2D eigenvalue weighted by Crippen LogP contribution is -2.28. The van der Waals surface area contributed by atoms with Gasteiger partial charge in [-0.05, 0) is 78.5 Å². The molecule has 2 amide bonds. The first-order valence-electron chi connectivity index (χ1n) is 14.8. The van der Waals surface area contributed by atoms with E-state index in [0.29, 0.717) is 29.8 Å². The van der Waals surface area contributed by atoms with Crippen LogP contribution in [0.4, 0.5) is 4.39 Å². The standard InChI is InChI=1S/C34H31FN6O4S2/c1-3-45-27-15-11-25(12-16-27)40-31(20-36-33(43)23-6-4-7-24(35)18-23)37-38-34(40)47-21-32(42)41-29(22-9-13-26(44-2)14-10-22)19-28(39-41)30-8-5-17-46-30/h4-18,29H,3,19-21H2,1-2H3,(H,36,43). The maximum atomic E-state index is 13.8. The molecule has 0 saturated carbocycles. The van der Waals surface area contributed by atoms with Crippen LogP contribution in [0, 0.1) is 5.82 Å². The Balaban J connectivity index is 1.24. The minimum absolute atomic E-state index is 0.0181. The molecule has 1 unspecified atom stereocenters. The molecule has 0 radical (unpaired) electrons. The van der Waals surface area contributed by atoms with E-state index in [2.05, 4.69) is 15.5 Å². The Morgan fingerprint density at radius 2 is 1.81 bits per heavy atom. The van der Waals surface area contributed by atoms with Gasteiger partial charge in [-0.2, -0.15) is 5.10 Å². The van der Waals surface area contributed by atoms with Crippen molar-refractivity contribution >= 4 is 40.6 Å². The molecule has 13 heteroatoms. The van der Waals surface area contributed by atoms with E-state index in [4.69, 9.17) is 14.6 Å². The van der Waals surface area contributed by atoms with Crippen molar-refractivity contribution in [1.29, 1.82) is 0 Å². The first-order chi connectivity index (χ1) is 22.9. The molecular formula is C34H31FN6O4S2. The van der Waals surface area contributed by atoms with Gasteiger partial charge in [-0.3, -0.25) is 14.2 Å². The molecule has 5 aromatic rings. The fourth-order valence-corrected chi connectivity index (χ4v) is 6.67. The first-order valence-corrected chi connectivity index (χ1v) is 16.7. The number of hydrogen-bond acceptors (Lipinski definition) is 9. The molecule has 3 aromatic carbocycles. The molecule has 1 N–H and O–H groups in total. The zero-order valence-electron chi connectivity index (χ0n) is 25.6. The van der Waals surface area contributed by atoms with Crippen molar-refractivity contribution in [3.8, 4) is 17.2 Å². The number of hydrazone groups is 1. The van der Waals surface area contributed by atoms with E-state index in [1.54, 1.807) is 28.0 Å². The van der Waals surface area contributed by atoms with Gasteiger partial charge in [0, 0.05) is 17.7 Å². The molecule has 0 aliphatic carbocycles. The van der Waals surface area contributed by atoms with Crippen molar-refractivity contribution in [3.05, 3.63) is 118 Å². The summed E-state index contributed by atoms with van der Waals surface area (Å²) in [5, 5.41) is 20.3. The minimum Gasteiger partial charge on any atom is -0.497 e. The van der Waals surface area contributed by atoms with Crippen LogP contribution in [-0.4, -0.2) is 56.8 Å². The van der Waals surface area contributed by atoms with Crippen molar-refractivity contribution in [2.45, 2.75) is 31.1 Å². The zero-order chi connectivity index (χ0) is 32.8. The lowest BCUT2D eigenvalue weighted by molar-refractivity contribution is -0.130. The quantitative estimate of drug-likeness (QED) is 0.156. The smallest absolute Gasteiger partial charge is 0.253 e. The van der Waals surface area contributed by atoms with Gasteiger partial charge in [-0.15, -0.1) is 21.5 Å². The SMILES string of the molecule is CCOc1ccc(-n2c(CNC(=O)c3cccc(F)c3)nnc2SCC(=O)N2N=C(c3cccs3)CC2c2ccc(OC)cc2)cc1. The van der Waals surface area contributed by atoms with Crippen LogP contribution >= 0.6 is 23.1 Å². The maximum Gasteiger partial charge on any atom is 0.253 e. The predicted molar refractivity (Wildman–Crippen MR) is 179 cm³/mol. The van der Waals surface area contributed by atoms with E-state index >= 15 is 0 Å². The van der Waals surface area contributed by atoms with Crippen molar-refractivity contribution in [3.63, 3.8) is 0 Å². The molecule has 0 spiro atoms. The zero-order valence-corrected chi connectivity index (χ0v) is 27.3. The number of thioether (sulfide) groups is 1. The number of benzene rings is 3. The predicted octanol–water partition coefficient (Wildman–Crippen LogP) is 6.28. The number of hydrogen-bond donors (Lipinski definition) is 1. The number of aromatic nitrogens is 3. The van der Waals surface area contributed by atoms with Crippen molar-refractivity contribution in [2.75, 3.05) is 19.5 Å². The van der Waals surface area contributed by atoms with E-state index in [1.807, 2.05) is 73.0 Å². The molecule has 2 aromatic heterocycles. The largest absolute Gasteiger partial charge is 0.497 e. The number of nitrogens with one attached hydrogen (secondary N) is 1. The number of halogens is 1. The normalized spacial score (nSPS) is 14.1. The average molecular weight is 671 g/mol. The number of thiophene rings is 1. The highest BCUT2D eigenvalue weighted by atomic mass is 32.2. The third kappa shape index (κ3) is 7.36. The highest BCUT2D eigenvalue weighted by Crippen LogP contribution is 2.35. The van der Waals surface area contributed by atoms with E-state index in [0.717, 1.165) is 27.6 Å². The number of nitrogens with zero attached hydrogens (tertiary/aromatic N) is 5. The van der Waals surface area contributed by atoms with Crippen LogP contribution in [0.3, 0.4) is 0 Å². The molecule has 0 bridgehead atoms. The second-order valence-electron chi connectivity index (χ2n) is 10.4. The summed E-state index contributed by atoms with van der Waals surface area (Å²) >= 11 is 2.81. The summed E-state index contributed by atoms with van der Waals surface area (Å²) in [4.78, 5) is 27.6. The molecule has 0 fully saturated rings. The van der Waals surface area contributed by atoms with Gasteiger partial charge in [-0.25, -0.2) is 9.40 Å². The summed E-state index contributed by atoms with van der Waals surface area (Å²) in [6.07, 6.45) is 0.584. The van der Waals surface area contributed by atoms with E-state index in [-0.39, 0.29) is 29.8 Å². The summed E-state index contributed by atoms with van der Waals surface area (Å²) in [5.74, 6) is 0.766. The molecule has 1 aliphatic heterocycles. The Morgan fingerprint density at radius 1 is 1.02 bits per heavy atom. The molecule has 47 heavy (non-hydrogen) atoms. The lowest BCUT2D eigenvalue weighted by Gasteiger charge is -2.22. The van der Waals surface area contributed by atoms with E-state index < -0.39 is 11.7 Å². The number of rotatable bonds is 12. The van der Waals surface area contributed by atoms with Gasteiger partial charge in [0.2, 0.25) is 0 Å². The van der Waals surface area contributed by atoms with Gasteiger partial charge >= 0.3 is 0 Å². The Morgan fingerprint density at radius 3 is 2.51 bits per heavy atom. The van der Waals surface area contributed by atoms with Gasteiger partial charge < -0.3 is 14.8 Å². The summed E-state index contributed by atoms with van der Waals surface area (Å²) in [6, 6.07) is 24.2. The van der Waals surface area contributed by atoms with Gasteiger partial charge in [-0.1, -0.05) is 36.0 Å². The van der Waals surface area contributed by atoms with Gasteiger partial charge in [0.05, 0.1) is 42.6 Å². The number of carbonyl (C=O) groups excluding carboxylic acids is 2. The molecule has 1 atom stereocenters. The summed E-state index contributed by atoms with van der Waals surface area (Å²) < 4.78 is 26.4. The highest BCUT2D eigenvalue weighted by Gasteiger charge is 2.34. The summed E-state index contributed by atoms with van der Waals surface area (Å²) in [7, 11) is 1.62. The molecule has 10 nitrogen and oxygen atoms in total. The van der Waals surface area contributed by atoms with Crippen molar-refractivity contribution in [2.24, 2.45) is 5.10 Å². The van der Waals surface area contributed by atoms with E-state index in [9.17, 15) is 14.0 Å². The fourth-order valence-electron chi connectivity index (χ4n) is 5.13. The second kappa shape index (κ2) is 14.6. The molecule has 240 valence electrons. The average Bonchev–Trinajstić information content (AvgIpc) is 3.87. The van der Waals surface area contributed by atoms with Crippen LogP contribution in [-0.2, 0) is 11.3 Å².